The molecule has 0 saturated carbocycles. The quantitative estimate of drug-likeness (QED) is 0.696. The summed E-state index contributed by atoms with van der Waals surface area (Å²) in [5.74, 6) is 0.223. The monoisotopic (exact) mass is 380 g/mol. The molecule has 1 amide bonds. The second-order valence-corrected chi connectivity index (χ2v) is 6.36. The third-order valence-corrected chi connectivity index (χ3v) is 4.26. The van der Waals surface area contributed by atoms with E-state index in [2.05, 4.69) is 30.7 Å². The summed E-state index contributed by atoms with van der Waals surface area (Å²) in [4.78, 5) is 18.9. The number of pyridine rings is 1. The summed E-state index contributed by atoms with van der Waals surface area (Å²) in [5, 5.41) is 13.3. The minimum Gasteiger partial charge on any atom is -0.399 e. The van der Waals surface area contributed by atoms with E-state index in [0.29, 0.717) is 18.9 Å². The normalized spacial score (nSPS) is 14.0. The summed E-state index contributed by atoms with van der Waals surface area (Å²) in [6.07, 6.45) is 1.60. The van der Waals surface area contributed by atoms with Crippen molar-refractivity contribution in [2.24, 2.45) is 0 Å². The predicted molar refractivity (Wildman–Crippen MR) is 104 cm³/mol. The van der Waals surface area contributed by atoms with Crippen molar-refractivity contribution in [2.75, 3.05) is 41.8 Å². The minimum atomic E-state index is -0.495. The number of anilines is 4. The van der Waals surface area contributed by atoms with Crippen molar-refractivity contribution in [3.8, 4) is 0 Å². The molecule has 3 aromatic rings. The highest BCUT2D eigenvalue weighted by Crippen LogP contribution is 2.18. The molecule has 4 rings (SSSR count). The van der Waals surface area contributed by atoms with Crippen LogP contribution in [0.4, 0.5) is 23.2 Å². The van der Waals surface area contributed by atoms with Crippen molar-refractivity contribution >= 4 is 29.1 Å². The van der Waals surface area contributed by atoms with Crippen molar-refractivity contribution in [1.82, 2.24) is 15.2 Å². The topological polar surface area (TPSA) is 105 Å². The molecule has 3 heterocycles. The second-order valence-electron chi connectivity index (χ2n) is 6.36. The Kier molecular flexibility index (Phi) is 5.16. The van der Waals surface area contributed by atoms with E-state index in [1.807, 2.05) is 37.3 Å². The first-order valence-corrected chi connectivity index (χ1v) is 8.95. The molecule has 2 aromatic heterocycles. The maximum atomic E-state index is 12.3. The largest absolute Gasteiger partial charge is 0.399 e. The molecule has 9 heteroatoms. The first-order valence-electron chi connectivity index (χ1n) is 8.95. The Labute approximate surface area is 161 Å². The van der Waals surface area contributed by atoms with Gasteiger partial charge in [0.25, 0.3) is 0 Å². The molecule has 0 unspecified atom stereocenters. The van der Waals surface area contributed by atoms with Crippen LogP contribution in [-0.2, 0) is 4.74 Å². The summed E-state index contributed by atoms with van der Waals surface area (Å²) in [7, 11) is 0. The van der Waals surface area contributed by atoms with Crippen molar-refractivity contribution in [1.29, 1.82) is 0 Å². The van der Waals surface area contributed by atoms with Crippen LogP contribution in [0.5, 0.6) is 0 Å². The molecule has 28 heavy (non-hydrogen) atoms. The van der Waals surface area contributed by atoms with Crippen molar-refractivity contribution in [2.45, 2.75) is 6.92 Å². The molecule has 1 saturated heterocycles. The first-order chi connectivity index (χ1) is 13.7. The number of hydrogen-bond donors (Lipinski definition) is 2. The number of benzene rings is 1. The summed E-state index contributed by atoms with van der Waals surface area (Å²) < 4.78 is 10.7. The Morgan fingerprint density at radius 3 is 2.50 bits per heavy atom. The fraction of sp³-hybridized carbons (Fsp3) is 0.263. The van der Waals surface area contributed by atoms with E-state index in [9.17, 15) is 4.79 Å². The van der Waals surface area contributed by atoms with Crippen LogP contribution >= 0.6 is 0 Å². The lowest BCUT2D eigenvalue weighted by Crippen LogP contribution is -2.36. The highest BCUT2D eigenvalue weighted by atomic mass is 16.5. The minimum absolute atomic E-state index is 0.133. The molecule has 0 bridgehead atoms. The van der Waals surface area contributed by atoms with Gasteiger partial charge in [0, 0.05) is 18.8 Å². The van der Waals surface area contributed by atoms with Gasteiger partial charge in [-0.05, 0) is 31.2 Å². The molecule has 1 aliphatic heterocycles. The summed E-state index contributed by atoms with van der Waals surface area (Å²) in [6, 6.07) is 11.5. The van der Waals surface area contributed by atoms with Gasteiger partial charge in [0.15, 0.2) is 0 Å². The Balaban J connectivity index is 1.37. The van der Waals surface area contributed by atoms with Gasteiger partial charge in [-0.25, -0.2) is 4.98 Å². The average molecular weight is 380 g/mol. The highest BCUT2D eigenvalue weighted by molar-refractivity contribution is 6.00. The Morgan fingerprint density at radius 1 is 1.04 bits per heavy atom. The molecule has 0 aliphatic carbocycles. The van der Waals surface area contributed by atoms with Gasteiger partial charge in [-0.15, -0.1) is 5.10 Å². The molecule has 0 radical (unpaired) electrons. The van der Waals surface area contributed by atoms with E-state index >= 15 is 0 Å². The lowest BCUT2D eigenvalue weighted by Gasteiger charge is -2.27. The first kappa shape index (κ1) is 17.9. The molecule has 2 N–H and O–H groups in total. The Hall–Kier alpha value is -3.46. The Morgan fingerprint density at radius 2 is 1.79 bits per heavy atom. The third kappa shape index (κ3) is 4.26. The van der Waals surface area contributed by atoms with E-state index < -0.39 is 5.91 Å². The fourth-order valence-corrected chi connectivity index (χ4v) is 2.75. The van der Waals surface area contributed by atoms with Crippen LogP contribution in [-0.4, -0.2) is 47.4 Å². The lowest BCUT2D eigenvalue weighted by atomic mass is 10.2. The van der Waals surface area contributed by atoms with Crippen LogP contribution in [0.25, 0.3) is 0 Å². The number of nitrogens with one attached hydrogen (secondary N) is 2. The number of carbonyl (C=O) groups excluding carboxylic acids is 1. The number of hydrogen-bond acceptors (Lipinski definition) is 8. The molecular weight excluding hydrogens is 360 g/mol. The van der Waals surface area contributed by atoms with Crippen LogP contribution in [0, 0.1) is 6.92 Å². The number of nitrogens with zero attached hydrogens (tertiary/aromatic N) is 4. The van der Waals surface area contributed by atoms with E-state index in [4.69, 9.17) is 9.15 Å². The van der Waals surface area contributed by atoms with Gasteiger partial charge < -0.3 is 24.7 Å². The van der Waals surface area contributed by atoms with Gasteiger partial charge in [-0.3, -0.25) is 4.79 Å². The van der Waals surface area contributed by atoms with Gasteiger partial charge in [0.2, 0.25) is 0 Å². The van der Waals surface area contributed by atoms with E-state index in [1.54, 1.807) is 12.3 Å². The molecule has 1 aromatic carbocycles. The zero-order valence-electron chi connectivity index (χ0n) is 15.4. The number of amides is 1. The van der Waals surface area contributed by atoms with Crippen LogP contribution in [0.15, 0.2) is 47.0 Å². The molecule has 1 aliphatic rings. The van der Waals surface area contributed by atoms with E-state index in [0.717, 1.165) is 30.2 Å². The summed E-state index contributed by atoms with van der Waals surface area (Å²) >= 11 is 0. The van der Waals surface area contributed by atoms with E-state index in [1.165, 1.54) is 0 Å². The van der Waals surface area contributed by atoms with Gasteiger partial charge in [0.1, 0.15) is 5.82 Å². The number of morpholine rings is 1. The van der Waals surface area contributed by atoms with Crippen LogP contribution in [0.1, 0.15) is 16.2 Å². The second kappa shape index (κ2) is 8.05. The van der Waals surface area contributed by atoms with Gasteiger partial charge in [0.05, 0.1) is 25.1 Å². The number of aryl methyl sites for hydroxylation is 1. The van der Waals surface area contributed by atoms with Gasteiger partial charge in [-0.1, -0.05) is 22.8 Å². The van der Waals surface area contributed by atoms with Gasteiger partial charge in [-0.2, -0.15) is 0 Å². The predicted octanol–water partition coefficient (Wildman–Crippen LogP) is 2.61. The standard InChI is InChI=1S/C19H20N6O3/c1-13-2-4-14(5-3-13)22-19-24-23-18(28-19)17(26)21-15-6-7-16(20-12-15)25-8-10-27-11-9-25/h2-7,12H,8-11H2,1H3,(H,21,26)(H,22,24). The van der Waals surface area contributed by atoms with Crippen LogP contribution < -0.4 is 15.5 Å². The maximum Gasteiger partial charge on any atom is 0.320 e. The van der Waals surface area contributed by atoms with Crippen LogP contribution in [0.2, 0.25) is 0 Å². The smallest absolute Gasteiger partial charge is 0.320 e. The molecule has 0 spiro atoms. The van der Waals surface area contributed by atoms with Gasteiger partial charge >= 0.3 is 17.8 Å². The number of ether oxygens (including phenoxy) is 1. The number of carbonyl (C=O) groups is 1. The highest BCUT2D eigenvalue weighted by Gasteiger charge is 2.16. The van der Waals surface area contributed by atoms with Crippen molar-refractivity contribution in [3.63, 3.8) is 0 Å². The third-order valence-electron chi connectivity index (χ3n) is 4.26. The zero-order valence-corrected chi connectivity index (χ0v) is 15.4. The molecule has 1 fully saturated rings. The van der Waals surface area contributed by atoms with E-state index in [-0.39, 0.29) is 11.9 Å². The lowest BCUT2D eigenvalue weighted by molar-refractivity contribution is 0.0991. The Bertz CT molecular complexity index is 933. The van der Waals surface area contributed by atoms with Crippen molar-refractivity contribution in [3.05, 3.63) is 54.0 Å². The maximum absolute atomic E-state index is 12.3. The molecule has 9 nitrogen and oxygen atoms in total. The SMILES string of the molecule is Cc1ccc(Nc2nnc(C(=O)Nc3ccc(N4CCOCC4)nc3)o2)cc1. The molecular formula is C19H20N6O3. The molecule has 0 atom stereocenters. The fourth-order valence-electron chi connectivity index (χ4n) is 2.75. The van der Waals surface area contributed by atoms with Crippen molar-refractivity contribution < 1.29 is 13.9 Å². The number of aromatic nitrogens is 3. The summed E-state index contributed by atoms with van der Waals surface area (Å²) in [5.41, 5.74) is 2.49. The van der Waals surface area contributed by atoms with Crippen LogP contribution in [0.3, 0.4) is 0 Å². The average Bonchev–Trinajstić information content (AvgIpc) is 3.20. The number of rotatable bonds is 5. The molecule has 144 valence electrons. The zero-order chi connectivity index (χ0) is 19.3. The summed E-state index contributed by atoms with van der Waals surface area (Å²) in [6.45, 7) is 4.99.